The van der Waals surface area contributed by atoms with Gasteiger partial charge in [0.05, 0.1) is 6.10 Å². The zero-order chi connectivity index (χ0) is 14.7. The number of rotatable bonds is 7. The Balaban J connectivity index is 1.39. The number of hydrogen-bond acceptors (Lipinski definition) is 5. The molecule has 1 fully saturated rings. The van der Waals surface area contributed by atoms with E-state index in [1.807, 2.05) is 6.07 Å². The molecule has 1 amide bonds. The number of aliphatic hydroxyl groups is 1. The third kappa shape index (κ3) is 3.86. The molecule has 0 spiro atoms. The Morgan fingerprint density at radius 2 is 2.14 bits per heavy atom. The normalized spacial score (nSPS) is 17.6. The fourth-order valence-corrected chi connectivity index (χ4v) is 2.21. The fourth-order valence-electron chi connectivity index (χ4n) is 2.21. The first-order valence-electron chi connectivity index (χ1n) is 7.30. The second-order valence-electron chi connectivity index (χ2n) is 5.42. The average Bonchev–Trinajstić information content (AvgIpc) is 3.16. The van der Waals surface area contributed by atoms with Crippen molar-refractivity contribution in [3.63, 3.8) is 0 Å². The highest BCUT2D eigenvalue weighted by atomic mass is 16.7. The average molecular weight is 292 g/mol. The molecule has 3 N–H and O–H groups in total. The summed E-state index contributed by atoms with van der Waals surface area (Å²) in [5, 5.41) is 16.1. The van der Waals surface area contributed by atoms with Crippen molar-refractivity contribution in [3.8, 4) is 11.5 Å². The lowest BCUT2D eigenvalue weighted by Gasteiger charge is -2.12. The smallest absolute Gasteiger partial charge is 0.231 e. The summed E-state index contributed by atoms with van der Waals surface area (Å²) in [5.41, 5.74) is 0.772. The van der Waals surface area contributed by atoms with Gasteiger partial charge in [-0.25, -0.2) is 0 Å². The first-order chi connectivity index (χ1) is 10.2. The van der Waals surface area contributed by atoms with Crippen LogP contribution < -0.4 is 20.1 Å². The molecule has 21 heavy (non-hydrogen) atoms. The summed E-state index contributed by atoms with van der Waals surface area (Å²) in [6.07, 6.45) is 2.00. The lowest BCUT2D eigenvalue weighted by Crippen LogP contribution is -2.30. The summed E-state index contributed by atoms with van der Waals surface area (Å²) in [4.78, 5) is 11.5. The van der Waals surface area contributed by atoms with Crippen molar-refractivity contribution in [1.82, 2.24) is 10.6 Å². The molecule has 0 radical (unpaired) electrons. The monoisotopic (exact) mass is 292 g/mol. The molecule has 6 heteroatoms. The molecule has 1 atom stereocenters. The van der Waals surface area contributed by atoms with E-state index in [4.69, 9.17) is 9.47 Å². The van der Waals surface area contributed by atoms with Crippen LogP contribution >= 0.6 is 0 Å². The van der Waals surface area contributed by atoms with E-state index in [0.717, 1.165) is 18.4 Å². The van der Waals surface area contributed by atoms with Gasteiger partial charge < -0.3 is 25.2 Å². The van der Waals surface area contributed by atoms with E-state index in [2.05, 4.69) is 10.6 Å². The molecule has 1 saturated carbocycles. The van der Waals surface area contributed by atoms with E-state index >= 15 is 0 Å². The molecule has 1 aliphatic carbocycles. The highest BCUT2D eigenvalue weighted by molar-refractivity contribution is 5.76. The number of carbonyl (C=O) groups excluding carboxylic acids is 1. The van der Waals surface area contributed by atoms with Crippen LogP contribution in [-0.4, -0.2) is 36.9 Å². The van der Waals surface area contributed by atoms with Crippen LogP contribution in [0.15, 0.2) is 18.2 Å². The number of fused-ring (bicyclic) bond motifs is 1. The zero-order valence-corrected chi connectivity index (χ0v) is 11.8. The molecule has 1 heterocycles. The predicted octanol–water partition coefficient (Wildman–Crippen LogP) is 0.707. The summed E-state index contributed by atoms with van der Waals surface area (Å²) in [6, 6.07) is 5.80. The molecule has 0 bridgehead atoms. The standard InChI is InChI=1S/C15H20N2O4/c18-12(8-16-6-5-15(19)17-11-2-3-11)10-1-4-13-14(7-10)21-9-20-13/h1,4,7,11-12,16,18H,2-3,5-6,8-9H2,(H,17,19). The SMILES string of the molecule is O=C(CCNCC(O)c1ccc2c(c1)OCO2)NC1CC1. The molecule has 1 aliphatic heterocycles. The summed E-state index contributed by atoms with van der Waals surface area (Å²) in [6.45, 7) is 1.18. The Morgan fingerprint density at radius 1 is 1.33 bits per heavy atom. The fraction of sp³-hybridized carbons (Fsp3) is 0.533. The van der Waals surface area contributed by atoms with Crippen LogP contribution in [0.25, 0.3) is 0 Å². The van der Waals surface area contributed by atoms with Gasteiger partial charge >= 0.3 is 0 Å². The van der Waals surface area contributed by atoms with Crippen molar-refractivity contribution in [2.45, 2.75) is 31.4 Å². The Labute approximate surface area is 123 Å². The van der Waals surface area contributed by atoms with Crippen LogP contribution in [0.1, 0.15) is 30.9 Å². The van der Waals surface area contributed by atoms with E-state index in [1.165, 1.54) is 0 Å². The minimum Gasteiger partial charge on any atom is -0.454 e. The second-order valence-corrected chi connectivity index (χ2v) is 5.42. The van der Waals surface area contributed by atoms with Crippen LogP contribution in [0.3, 0.4) is 0 Å². The van der Waals surface area contributed by atoms with Gasteiger partial charge in [-0.1, -0.05) is 6.07 Å². The molecular formula is C15H20N2O4. The van der Waals surface area contributed by atoms with Gasteiger partial charge in [0.25, 0.3) is 0 Å². The molecule has 1 aromatic carbocycles. The van der Waals surface area contributed by atoms with Gasteiger partial charge in [0.2, 0.25) is 12.7 Å². The molecule has 0 saturated heterocycles. The van der Waals surface area contributed by atoms with Crippen molar-refractivity contribution in [1.29, 1.82) is 0 Å². The molecule has 2 aliphatic rings. The Morgan fingerprint density at radius 3 is 2.95 bits per heavy atom. The number of carbonyl (C=O) groups is 1. The van der Waals surface area contributed by atoms with Gasteiger partial charge in [0, 0.05) is 25.6 Å². The van der Waals surface area contributed by atoms with E-state index in [1.54, 1.807) is 12.1 Å². The first-order valence-corrected chi connectivity index (χ1v) is 7.30. The molecule has 0 aromatic heterocycles. The molecule has 3 rings (SSSR count). The minimum absolute atomic E-state index is 0.0718. The highest BCUT2D eigenvalue weighted by Crippen LogP contribution is 2.34. The van der Waals surface area contributed by atoms with Crippen molar-refractivity contribution >= 4 is 5.91 Å². The van der Waals surface area contributed by atoms with Crippen molar-refractivity contribution < 1.29 is 19.4 Å². The van der Waals surface area contributed by atoms with Gasteiger partial charge in [0.1, 0.15) is 0 Å². The summed E-state index contributed by atoms with van der Waals surface area (Å²) in [7, 11) is 0. The lowest BCUT2D eigenvalue weighted by molar-refractivity contribution is -0.121. The van der Waals surface area contributed by atoms with Gasteiger partial charge in [-0.2, -0.15) is 0 Å². The number of aliphatic hydroxyl groups excluding tert-OH is 1. The first kappa shape index (κ1) is 14.2. The third-order valence-corrected chi connectivity index (χ3v) is 3.59. The van der Waals surface area contributed by atoms with Gasteiger partial charge in [-0.05, 0) is 30.5 Å². The quantitative estimate of drug-likeness (QED) is 0.645. The summed E-state index contributed by atoms with van der Waals surface area (Å²) >= 11 is 0. The zero-order valence-electron chi connectivity index (χ0n) is 11.8. The van der Waals surface area contributed by atoms with E-state index in [-0.39, 0.29) is 12.7 Å². The second kappa shape index (κ2) is 6.32. The van der Waals surface area contributed by atoms with Gasteiger partial charge in [-0.15, -0.1) is 0 Å². The van der Waals surface area contributed by atoms with Crippen LogP contribution in [0, 0.1) is 0 Å². The molecular weight excluding hydrogens is 272 g/mol. The maximum Gasteiger partial charge on any atom is 0.231 e. The maximum atomic E-state index is 11.5. The van der Waals surface area contributed by atoms with Crippen LogP contribution in [0.4, 0.5) is 0 Å². The molecule has 6 nitrogen and oxygen atoms in total. The van der Waals surface area contributed by atoms with Crippen molar-refractivity contribution in [2.24, 2.45) is 0 Å². The van der Waals surface area contributed by atoms with E-state index in [9.17, 15) is 9.90 Å². The maximum absolute atomic E-state index is 11.5. The Hall–Kier alpha value is -1.79. The molecule has 114 valence electrons. The summed E-state index contributed by atoms with van der Waals surface area (Å²) < 4.78 is 10.5. The number of benzene rings is 1. The third-order valence-electron chi connectivity index (χ3n) is 3.59. The largest absolute Gasteiger partial charge is 0.454 e. The number of nitrogens with one attached hydrogen (secondary N) is 2. The lowest BCUT2D eigenvalue weighted by atomic mass is 10.1. The minimum atomic E-state index is -0.633. The predicted molar refractivity (Wildman–Crippen MR) is 76.2 cm³/mol. The topological polar surface area (TPSA) is 79.8 Å². The van der Waals surface area contributed by atoms with Gasteiger partial charge in [-0.3, -0.25) is 4.79 Å². The Bertz CT molecular complexity index is 516. The molecule has 1 unspecified atom stereocenters. The van der Waals surface area contributed by atoms with Crippen LogP contribution in [0.5, 0.6) is 11.5 Å². The van der Waals surface area contributed by atoms with Gasteiger partial charge in [0.15, 0.2) is 11.5 Å². The molecule has 1 aromatic rings. The Kier molecular flexibility index (Phi) is 4.26. The summed E-state index contributed by atoms with van der Waals surface area (Å²) in [5.74, 6) is 1.44. The number of amides is 1. The van der Waals surface area contributed by atoms with Crippen LogP contribution in [0.2, 0.25) is 0 Å². The number of hydrogen-bond donors (Lipinski definition) is 3. The van der Waals surface area contributed by atoms with Crippen molar-refractivity contribution in [3.05, 3.63) is 23.8 Å². The van der Waals surface area contributed by atoms with E-state index < -0.39 is 6.10 Å². The number of ether oxygens (including phenoxy) is 2. The highest BCUT2D eigenvalue weighted by Gasteiger charge is 2.22. The van der Waals surface area contributed by atoms with Crippen molar-refractivity contribution in [2.75, 3.05) is 19.9 Å². The van der Waals surface area contributed by atoms with E-state index in [0.29, 0.717) is 37.1 Å². The van der Waals surface area contributed by atoms with Crippen LogP contribution in [-0.2, 0) is 4.79 Å².